The number of hydrogen-bond donors (Lipinski definition) is 1. The molecule has 5 heteroatoms. The first kappa shape index (κ1) is 14.4. The number of ether oxygens (including phenoxy) is 1. The van der Waals surface area contributed by atoms with Gasteiger partial charge in [-0.2, -0.15) is 0 Å². The first-order chi connectivity index (χ1) is 10.3. The summed E-state index contributed by atoms with van der Waals surface area (Å²) in [6.45, 7) is 5.73. The van der Waals surface area contributed by atoms with Crippen LogP contribution >= 0.6 is 0 Å². The number of nitrogens with zero attached hydrogens (tertiary/aromatic N) is 2. The second kappa shape index (κ2) is 6.45. The Labute approximate surface area is 125 Å². The molecule has 0 bridgehead atoms. The van der Waals surface area contributed by atoms with E-state index in [1.807, 2.05) is 29.2 Å². The number of piperazine rings is 1. The van der Waals surface area contributed by atoms with Crippen LogP contribution in [-0.2, 0) is 0 Å². The number of rotatable bonds is 3. The second-order valence-corrected chi connectivity index (χ2v) is 5.68. The van der Waals surface area contributed by atoms with Gasteiger partial charge in [0.1, 0.15) is 5.75 Å². The van der Waals surface area contributed by atoms with Crippen LogP contribution in [0.25, 0.3) is 0 Å². The third-order valence-electron chi connectivity index (χ3n) is 4.49. The Balaban J connectivity index is 1.62. The highest BCUT2D eigenvalue weighted by atomic mass is 16.5. The molecule has 0 spiro atoms. The van der Waals surface area contributed by atoms with Crippen LogP contribution in [-0.4, -0.2) is 68.1 Å². The third-order valence-corrected chi connectivity index (χ3v) is 4.49. The van der Waals surface area contributed by atoms with E-state index in [-0.39, 0.29) is 5.91 Å². The van der Waals surface area contributed by atoms with Gasteiger partial charge in [-0.15, -0.1) is 0 Å². The zero-order chi connectivity index (χ0) is 14.7. The molecule has 2 saturated heterocycles. The minimum absolute atomic E-state index is 0.0802. The molecule has 5 nitrogen and oxygen atoms in total. The minimum atomic E-state index is 0.0802. The normalized spacial score (nSPS) is 23.3. The van der Waals surface area contributed by atoms with Gasteiger partial charge in [0.2, 0.25) is 0 Å². The van der Waals surface area contributed by atoms with Crippen molar-refractivity contribution in [2.24, 2.45) is 0 Å². The van der Waals surface area contributed by atoms with Gasteiger partial charge in [-0.1, -0.05) is 12.1 Å². The molecule has 2 fully saturated rings. The van der Waals surface area contributed by atoms with E-state index in [0.717, 1.165) is 39.3 Å². The monoisotopic (exact) mass is 289 g/mol. The molecule has 0 radical (unpaired) electrons. The standard InChI is InChI=1S/C16H23N3O2/c1-21-15-5-3-2-4-14(15)16(20)19-10-8-18(9-11-19)13-6-7-17-12-13/h2-5,13,17H,6-12H2,1H3. The highest BCUT2D eigenvalue weighted by molar-refractivity contribution is 5.97. The van der Waals surface area contributed by atoms with Crippen molar-refractivity contribution in [2.75, 3.05) is 46.4 Å². The smallest absolute Gasteiger partial charge is 0.257 e. The van der Waals surface area contributed by atoms with Crippen molar-refractivity contribution in [3.05, 3.63) is 29.8 Å². The molecule has 1 amide bonds. The van der Waals surface area contributed by atoms with Crippen LogP contribution in [0.15, 0.2) is 24.3 Å². The van der Waals surface area contributed by atoms with Gasteiger partial charge < -0.3 is 15.0 Å². The molecule has 2 aliphatic heterocycles. The Kier molecular flexibility index (Phi) is 4.41. The van der Waals surface area contributed by atoms with Gasteiger partial charge in [-0.3, -0.25) is 9.69 Å². The van der Waals surface area contributed by atoms with E-state index in [4.69, 9.17) is 4.74 Å². The zero-order valence-corrected chi connectivity index (χ0v) is 12.5. The number of benzene rings is 1. The second-order valence-electron chi connectivity index (χ2n) is 5.68. The van der Waals surface area contributed by atoms with E-state index in [0.29, 0.717) is 17.4 Å². The van der Waals surface area contributed by atoms with Crippen LogP contribution < -0.4 is 10.1 Å². The summed E-state index contributed by atoms with van der Waals surface area (Å²) in [7, 11) is 1.61. The molecular formula is C16H23N3O2. The van der Waals surface area contributed by atoms with Crippen molar-refractivity contribution < 1.29 is 9.53 Å². The van der Waals surface area contributed by atoms with Gasteiger partial charge in [-0.25, -0.2) is 0 Å². The molecule has 114 valence electrons. The van der Waals surface area contributed by atoms with Crippen LogP contribution in [0, 0.1) is 0 Å². The van der Waals surface area contributed by atoms with E-state index in [9.17, 15) is 4.79 Å². The number of carbonyl (C=O) groups excluding carboxylic acids is 1. The van der Waals surface area contributed by atoms with E-state index < -0.39 is 0 Å². The lowest BCUT2D eigenvalue weighted by atomic mass is 10.1. The van der Waals surface area contributed by atoms with Crippen LogP contribution in [0.2, 0.25) is 0 Å². The summed E-state index contributed by atoms with van der Waals surface area (Å²) in [6, 6.07) is 8.10. The number of nitrogens with one attached hydrogen (secondary N) is 1. The molecule has 0 aromatic heterocycles. The number of carbonyl (C=O) groups is 1. The molecule has 21 heavy (non-hydrogen) atoms. The molecule has 2 aliphatic rings. The first-order valence-electron chi connectivity index (χ1n) is 7.66. The lowest BCUT2D eigenvalue weighted by molar-refractivity contribution is 0.0581. The average Bonchev–Trinajstić information content (AvgIpc) is 3.09. The fourth-order valence-corrected chi connectivity index (χ4v) is 3.23. The maximum absolute atomic E-state index is 12.6. The van der Waals surface area contributed by atoms with Crippen molar-refractivity contribution in [1.82, 2.24) is 15.1 Å². The first-order valence-corrected chi connectivity index (χ1v) is 7.66. The van der Waals surface area contributed by atoms with Crippen LogP contribution in [0.4, 0.5) is 0 Å². The molecular weight excluding hydrogens is 266 g/mol. The highest BCUT2D eigenvalue weighted by Crippen LogP contribution is 2.20. The summed E-state index contributed by atoms with van der Waals surface area (Å²) in [5.74, 6) is 0.738. The minimum Gasteiger partial charge on any atom is -0.496 e. The zero-order valence-electron chi connectivity index (χ0n) is 12.5. The van der Waals surface area contributed by atoms with Gasteiger partial charge in [-0.05, 0) is 25.1 Å². The number of methoxy groups -OCH3 is 1. The van der Waals surface area contributed by atoms with Gasteiger partial charge >= 0.3 is 0 Å². The highest BCUT2D eigenvalue weighted by Gasteiger charge is 2.28. The third kappa shape index (κ3) is 3.04. The maximum Gasteiger partial charge on any atom is 0.257 e. The predicted molar refractivity (Wildman–Crippen MR) is 81.7 cm³/mol. The van der Waals surface area contributed by atoms with Gasteiger partial charge in [0, 0.05) is 38.8 Å². The molecule has 0 aliphatic carbocycles. The van der Waals surface area contributed by atoms with Crippen LogP contribution in [0.1, 0.15) is 16.8 Å². The summed E-state index contributed by atoms with van der Waals surface area (Å²) in [5, 5.41) is 3.41. The van der Waals surface area contributed by atoms with Crippen molar-refractivity contribution in [3.8, 4) is 5.75 Å². The molecule has 1 N–H and O–H groups in total. The molecule has 1 aromatic carbocycles. The van der Waals surface area contributed by atoms with Crippen molar-refractivity contribution in [2.45, 2.75) is 12.5 Å². The molecule has 1 atom stereocenters. The lowest BCUT2D eigenvalue weighted by Gasteiger charge is -2.37. The Morgan fingerprint density at radius 2 is 2.00 bits per heavy atom. The van der Waals surface area contributed by atoms with E-state index in [1.54, 1.807) is 7.11 Å². The fourth-order valence-electron chi connectivity index (χ4n) is 3.23. The Morgan fingerprint density at radius 3 is 2.67 bits per heavy atom. The van der Waals surface area contributed by atoms with Crippen molar-refractivity contribution >= 4 is 5.91 Å². The predicted octanol–water partition coefficient (Wildman–Crippen LogP) is 0.815. The van der Waals surface area contributed by atoms with Crippen LogP contribution in [0.5, 0.6) is 5.75 Å². The summed E-state index contributed by atoms with van der Waals surface area (Å²) in [5.41, 5.74) is 0.663. The fraction of sp³-hybridized carbons (Fsp3) is 0.562. The lowest BCUT2D eigenvalue weighted by Crippen LogP contribution is -2.52. The van der Waals surface area contributed by atoms with Crippen LogP contribution in [0.3, 0.4) is 0 Å². The quantitative estimate of drug-likeness (QED) is 0.894. The molecule has 1 aromatic rings. The molecule has 3 rings (SSSR count). The van der Waals surface area contributed by atoms with Gasteiger partial charge in [0.15, 0.2) is 0 Å². The average molecular weight is 289 g/mol. The molecule has 0 saturated carbocycles. The number of hydrogen-bond acceptors (Lipinski definition) is 4. The number of para-hydroxylation sites is 1. The number of amides is 1. The van der Waals surface area contributed by atoms with E-state index >= 15 is 0 Å². The Bertz CT molecular complexity index is 492. The summed E-state index contributed by atoms with van der Waals surface area (Å²) in [6.07, 6.45) is 1.22. The Hall–Kier alpha value is -1.59. The topological polar surface area (TPSA) is 44.8 Å². The van der Waals surface area contributed by atoms with Gasteiger partial charge in [0.25, 0.3) is 5.91 Å². The van der Waals surface area contributed by atoms with Gasteiger partial charge in [0.05, 0.1) is 12.7 Å². The molecule has 2 heterocycles. The summed E-state index contributed by atoms with van der Waals surface area (Å²) >= 11 is 0. The maximum atomic E-state index is 12.6. The van der Waals surface area contributed by atoms with Crippen molar-refractivity contribution in [3.63, 3.8) is 0 Å². The van der Waals surface area contributed by atoms with E-state index in [2.05, 4.69) is 10.2 Å². The van der Waals surface area contributed by atoms with E-state index in [1.165, 1.54) is 6.42 Å². The SMILES string of the molecule is COc1ccccc1C(=O)N1CCN(C2CCNC2)CC1. The summed E-state index contributed by atoms with van der Waals surface area (Å²) in [4.78, 5) is 17.1. The largest absolute Gasteiger partial charge is 0.496 e. The molecule has 1 unspecified atom stereocenters. The van der Waals surface area contributed by atoms with Crippen molar-refractivity contribution in [1.29, 1.82) is 0 Å². The Morgan fingerprint density at radius 1 is 1.24 bits per heavy atom. The summed E-state index contributed by atoms with van der Waals surface area (Å²) < 4.78 is 5.29.